The summed E-state index contributed by atoms with van der Waals surface area (Å²) in [6.07, 6.45) is -4.45. The standard InChI is InChI=1S/C16H12F6O3S/c1-24-13-8-12(6-7-14(13)26(23)16(20,21)22)25-9-10-2-4-11(5-3-10)15(17,18)19/h2-8H,9H2,1H3. The third kappa shape index (κ3) is 4.98. The zero-order chi connectivity index (χ0) is 19.5. The van der Waals surface area contributed by atoms with E-state index in [0.717, 1.165) is 31.4 Å². The maximum Gasteiger partial charge on any atom is 0.578 e. The van der Waals surface area contributed by atoms with Crippen molar-refractivity contribution >= 4 is 11.2 Å². The first-order valence-corrected chi connectivity index (χ1v) is 8.13. The zero-order valence-electron chi connectivity index (χ0n) is 13.1. The van der Waals surface area contributed by atoms with Gasteiger partial charge in [-0.05, 0) is 23.8 Å². The lowest BCUT2D eigenvalue weighted by Crippen LogP contribution is -2.23. The van der Waals surface area contributed by atoms with Gasteiger partial charge in [0.05, 0.1) is 12.7 Å². The zero-order valence-corrected chi connectivity index (χ0v) is 14.0. The van der Waals surface area contributed by atoms with Crippen LogP contribution < -0.4 is 9.47 Å². The van der Waals surface area contributed by atoms with Crippen molar-refractivity contribution in [2.75, 3.05) is 7.11 Å². The molecular formula is C16H12F6O3S. The molecule has 0 saturated heterocycles. The lowest BCUT2D eigenvalue weighted by Gasteiger charge is -2.16. The van der Waals surface area contributed by atoms with Gasteiger partial charge in [0.15, 0.2) is 5.75 Å². The van der Waals surface area contributed by atoms with Crippen molar-refractivity contribution in [3.8, 4) is 11.5 Å². The summed E-state index contributed by atoms with van der Waals surface area (Å²) in [6, 6.07) is 7.52. The van der Waals surface area contributed by atoms with Crippen LogP contribution in [-0.4, -0.2) is 17.2 Å². The van der Waals surface area contributed by atoms with E-state index in [1.54, 1.807) is 0 Å². The molecule has 0 N–H and O–H groups in total. The Balaban J connectivity index is 2.11. The summed E-state index contributed by atoms with van der Waals surface area (Å²) in [5.74, 6) is -0.157. The van der Waals surface area contributed by atoms with Crippen LogP contribution in [-0.2, 0) is 24.0 Å². The van der Waals surface area contributed by atoms with Gasteiger partial charge < -0.3 is 14.0 Å². The fourth-order valence-corrected chi connectivity index (χ4v) is 2.74. The Morgan fingerprint density at radius 2 is 1.58 bits per heavy atom. The van der Waals surface area contributed by atoms with E-state index in [2.05, 4.69) is 0 Å². The van der Waals surface area contributed by atoms with Crippen molar-refractivity contribution in [3.63, 3.8) is 0 Å². The fraction of sp³-hybridized carbons (Fsp3) is 0.250. The Hall–Kier alpha value is -2.07. The molecule has 0 aromatic heterocycles. The van der Waals surface area contributed by atoms with Crippen LogP contribution in [0.3, 0.4) is 0 Å². The summed E-state index contributed by atoms with van der Waals surface area (Å²) in [7, 11) is 1.12. The van der Waals surface area contributed by atoms with Gasteiger partial charge in [-0.25, -0.2) is 0 Å². The average Bonchev–Trinajstić information content (AvgIpc) is 2.57. The van der Waals surface area contributed by atoms with Crippen LogP contribution in [0.1, 0.15) is 11.1 Å². The van der Waals surface area contributed by atoms with E-state index in [-0.39, 0.29) is 18.1 Å². The summed E-state index contributed by atoms with van der Waals surface area (Å²) < 4.78 is 96.8. The van der Waals surface area contributed by atoms with Crippen LogP contribution in [0.25, 0.3) is 0 Å². The van der Waals surface area contributed by atoms with Crippen molar-refractivity contribution in [1.82, 2.24) is 0 Å². The summed E-state index contributed by atoms with van der Waals surface area (Å²) in [4.78, 5) is -0.554. The van der Waals surface area contributed by atoms with E-state index in [4.69, 9.17) is 9.47 Å². The topological polar surface area (TPSA) is 41.5 Å². The summed E-state index contributed by atoms with van der Waals surface area (Å²) >= 11 is -3.26. The van der Waals surface area contributed by atoms with Gasteiger partial charge >= 0.3 is 11.7 Å². The molecule has 0 saturated carbocycles. The van der Waals surface area contributed by atoms with E-state index < -0.39 is 33.3 Å². The molecule has 0 radical (unpaired) electrons. The van der Waals surface area contributed by atoms with Crippen molar-refractivity contribution in [2.24, 2.45) is 0 Å². The molecule has 0 spiro atoms. The highest BCUT2D eigenvalue weighted by Gasteiger charge is 2.47. The van der Waals surface area contributed by atoms with Crippen LogP contribution in [0.15, 0.2) is 47.4 Å². The Bertz CT molecular complexity index is 743. The van der Waals surface area contributed by atoms with Gasteiger partial charge in [0.1, 0.15) is 23.5 Å². The first kappa shape index (κ1) is 20.2. The van der Waals surface area contributed by atoms with Gasteiger partial charge in [-0.1, -0.05) is 12.1 Å². The van der Waals surface area contributed by atoms with Crippen LogP contribution in [0, 0.1) is 0 Å². The van der Waals surface area contributed by atoms with E-state index >= 15 is 0 Å². The predicted molar refractivity (Wildman–Crippen MR) is 81.2 cm³/mol. The summed E-state index contributed by atoms with van der Waals surface area (Å²) in [6.45, 7) is -0.108. The Morgan fingerprint density at radius 3 is 2.08 bits per heavy atom. The molecule has 142 valence electrons. The van der Waals surface area contributed by atoms with E-state index in [0.29, 0.717) is 5.56 Å². The smallest absolute Gasteiger partial charge is 0.578 e. The molecule has 26 heavy (non-hydrogen) atoms. The van der Waals surface area contributed by atoms with E-state index in [1.165, 1.54) is 18.2 Å². The Kier molecular flexibility index (Phi) is 5.97. The highest BCUT2D eigenvalue weighted by atomic mass is 32.2. The number of benzene rings is 2. The number of alkyl halides is 6. The van der Waals surface area contributed by atoms with Crippen molar-refractivity contribution in [3.05, 3.63) is 53.6 Å². The number of rotatable bonds is 5. The van der Waals surface area contributed by atoms with Gasteiger partial charge in [0, 0.05) is 12.1 Å². The van der Waals surface area contributed by atoms with Crippen LogP contribution in [0.4, 0.5) is 26.3 Å². The number of hydrogen-bond donors (Lipinski definition) is 0. The minimum atomic E-state index is -4.93. The molecule has 0 aliphatic heterocycles. The molecule has 2 rings (SSSR count). The number of methoxy groups -OCH3 is 1. The first-order chi connectivity index (χ1) is 12.0. The summed E-state index contributed by atoms with van der Waals surface area (Å²) in [5.41, 5.74) is -5.31. The number of halogens is 6. The second-order valence-electron chi connectivity index (χ2n) is 5.01. The molecule has 0 aliphatic rings. The normalized spacial score (nSPS) is 13.4. The molecule has 0 aliphatic carbocycles. The molecule has 3 nitrogen and oxygen atoms in total. The minimum Gasteiger partial charge on any atom is -0.604 e. The SMILES string of the molecule is COc1cc(OCc2ccc(C(F)(F)F)cc2)ccc1[S+]([O-])C(F)(F)F. The second kappa shape index (κ2) is 7.67. The van der Waals surface area contributed by atoms with Crippen molar-refractivity contribution < 1.29 is 40.4 Å². The lowest BCUT2D eigenvalue weighted by molar-refractivity contribution is -0.137. The van der Waals surface area contributed by atoms with Crippen LogP contribution in [0.2, 0.25) is 0 Å². The number of hydrogen-bond acceptors (Lipinski definition) is 3. The maximum absolute atomic E-state index is 12.6. The highest BCUT2D eigenvalue weighted by Crippen LogP contribution is 2.37. The van der Waals surface area contributed by atoms with Crippen LogP contribution >= 0.6 is 0 Å². The molecule has 1 unspecified atom stereocenters. The van der Waals surface area contributed by atoms with Crippen molar-refractivity contribution in [1.29, 1.82) is 0 Å². The molecule has 2 aromatic carbocycles. The van der Waals surface area contributed by atoms with Gasteiger partial charge in [0.25, 0.3) is 0 Å². The second-order valence-corrected chi connectivity index (χ2v) is 6.45. The van der Waals surface area contributed by atoms with Crippen molar-refractivity contribution in [2.45, 2.75) is 23.2 Å². The van der Waals surface area contributed by atoms with E-state index in [1.807, 2.05) is 0 Å². The molecule has 2 aromatic rings. The van der Waals surface area contributed by atoms with Crippen LogP contribution in [0.5, 0.6) is 11.5 Å². The monoisotopic (exact) mass is 398 g/mol. The van der Waals surface area contributed by atoms with Gasteiger partial charge in [-0.15, -0.1) is 13.2 Å². The molecule has 0 heterocycles. The quantitative estimate of drug-likeness (QED) is 0.530. The third-order valence-corrected chi connectivity index (χ3v) is 4.39. The molecule has 10 heteroatoms. The molecule has 0 fully saturated rings. The van der Waals surface area contributed by atoms with Gasteiger partial charge in [-0.2, -0.15) is 13.2 Å². The molecule has 0 bridgehead atoms. The molecular weight excluding hydrogens is 386 g/mol. The summed E-state index contributed by atoms with van der Waals surface area (Å²) in [5, 5.41) is 0. The van der Waals surface area contributed by atoms with Gasteiger partial charge in [-0.3, -0.25) is 0 Å². The predicted octanol–water partition coefficient (Wildman–Crippen LogP) is 4.92. The van der Waals surface area contributed by atoms with Gasteiger partial charge in [0.2, 0.25) is 4.90 Å². The first-order valence-electron chi connectivity index (χ1n) is 6.98. The lowest BCUT2D eigenvalue weighted by atomic mass is 10.1. The largest absolute Gasteiger partial charge is 0.604 e. The minimum absolute atomic E-state index is 0.108. The van der Waals surface area contributed by atoms with E-state index in [9.17, 15) is 30.9 Å². The maximum atomic E-state index is 12.6. The average molecular weight is 398 g/mol. The third-order valence-electron chi connectivity index (χ3n) is 3.23. The number of ether oxygens (including phenoxy) is 2. The molecule has 0 amide bonds. The Labute approximate surface area is 147 Å². The Morgan fingerprint density at radius 1 is 0.962 bits per heavy atom. The fourth-order valence-electron chi connectivity index (χ4n) is 1.97. The highest BCUT2D eigenvalue weighted by molar-refractivity contribution is 7.92. The molecule has 1 atom stereocenters.